The molecule has 2 aromatic heterocycles. The molecule has 1 saturated heterocycles. The minimum absolute atomic E-state index is 0.689. The second kappa shape index (κ2) is 6.87. The summed E-state index contributed by atoms with van der Waals surface area (Å²) in [5.41, 5.74) is 2.18. The molecule has 8 nitrogen and oxygen atoms in total. The molecule has 4 rings (SSSR count). The Morgan fingerprint density at radius 3 is 2.62 bits per heavy atom. The SMILES string of the molecule is Cc1noc(CN2CCN(c3ccc4ncnc(N(C)C)c4c3)CC2)n1. The van der Waals surface area contributed by atoms with Crippen LogP contribution in [-0.4, -0.2) is 65.3 Å². The highest BCUT2D eigenvalue weighted by Gasteiger charge is 2.20. The van der Waals surface area contributed by atoms with Gasteiger partial charge in [0.05, 0.1) is 12.1 Å². The van der Waals surface area contributed by atoms with Crippen LogP contribution >= 0.6 is 0 Å². The Balaban J connectivity index is 1.48. The topological polar surface area (TPSA) is 74.4 Å². The van der Waals surface area contributed by atoms with E-state index in [1.165, 1.54) is 5.69 Å². The number of piperazine rings is 1. The van der Waals surface area contributed by atoms with Crippen LogP contribution in [0.1, 0.15) is 11.7 Å². The first-order valence-corrected chi connectivity index (χ1v) is 8.79. The second-order valence-electron chi connectivity index (χ2n) is 6.79. The Hall–Kier alpha value is -2.74. The zero-order valence-corrected chi connectivity index (χ0v) is 15.4. The Morgan fingerprint density at radius 1 is 1.12 bits per heavy atom. The van der Waals surface area contributed by atoms with E-state index < -0.39 is 0 Å². The average molecular weight is 353 g/mol. The molecule has 0 N–H and O–H groups in total. The number of rotatable bonds is 4. The van der Waals surface area contributed by atoms with Gasteiger partial charge in [-0.3, -0.25) is 4.90 Å². The Morgan fingerprint density at radius 2 is 1.92 bits per heavy atom. The largest absolute Gasteiger partial charge is 0.369 e. The molecule has 136 valence electrons. The first kappa shape index (κ1) is 16.7. The van der Waals surface area contributed by atoms with Gasteiger partial charge in [0.2, 0.25) is 5.89 Å². The van der Waals surface area contributed by atoms with Crippen LogP contribution < -0.4 is 9.80 Å². The molecule has 0 saturated carbocycles. The number of aryl methyl sites for hydroxylation is 1. The van der Waals surface area contributed by atoms with Crippen molar-refractivity contribution in [2.75, 3.05) is 50.1 Å². The Kier molecular flexibility index (Phi) is 4.42. The van der Waals surface area contributed by atoms with Crippen LogP contribution in [0.3, 0.4) is 0 Å². The van der Waals surface area contributed by atoms with Crippen LogP contribution in [0.25, 0.3) is 10.9 Å². The van der Waals surface area contributed by atoms with Gasteiger partial charge < -0.3 is 14.3 Å². The fourth-order valence-electron chi connectivity index (χ4n) is 3.34. The summed E-state index contributed by atoms with van der Waals surface area (Å²) in [4.78, 5) is 19.9. The van der Waals surface area contributed by atoms with Crippen LogP contribution in [0.15, 0.2) is 29.0 Å². The molecule has 1 aliphatic heterocycles. The first-order valence-electron chi connectivity index (χ1n) is 8.79. The summed E-state index contributed by atoms with van der Waals surface area (Å²) >= 11 is 0. The van der Waals surface area contributed by atoms with Gasteiger partial charge in [0.25, 0.3) is 0 Å². The molecule has 8 heteroatoms. The maximum absolute atomic E-state index is 5.23. The fourth-order valence-corrected chi connectivity index (χ4v) is 3.34. The van der Waals surface area contributed by atoms with Crippen molar-refractivity contribution in [1.82, 2.24) is 25.0 Å². The summed E-state index contributed by atoms with van der Waals surface area (Å²) in [6.07, 6.45) is 1.62. The van der Waals surface area contributed by atoms with Crippen molar-refractivity contribution < 1.29 is 4.52 Å². The van der Waals surface area contributed by atoms with Crippen LogP contribution in [0.2, 0.25) is 0 Å². The van der Waals surface area contributed by atoms with Crippen LogP contribution in [-0.2, 0) is 6.54 Å². The maximum Gasteiger partial charge on any atom is 0.240 e. The highest BCUT2D eigenvalue weighted by Crippen LogP contribution is 2.27. The maximum atomic E-state index is 5.23. The van der Waals surface area contributed by atoms with E-state index in [2.05, 4.69) is 48.1 Å². The van der Waals surface area contributed by atoms with Crippen LogP contribution in [0.4, 0.5) is 11.5 Å². The van der Waals surface area contributed by atoms with E-state index in [0.29, 0.717) is 18.3 Å². The van der Waals surface area contributed by atoms with Crippen molar-refractivity contribution >= 4 is 22.4 Å². The molecule has 0 spiro atoms. The second-order valence-corrected chi connectivity index (χ2v) is 6.79. The molecule has 0 aliphatic carbocycles. The number of fused-ring (bicyclic) bond motifs is 1. The third kappa shape index (κ3) is 3.32. The molecule has 1 fully saturated rings. The van der Waals surface area contributed by atoms with E-state index in [9.17, 15) is 0 Å². The van der Waals surface area contributed by atoms with Gasteiger partial charge in [-0.15, -0.1) is 0 Å². The summed E-state index contributed by atoms with van der Waals surface area (Å²) in [6.45, 7) is 6.41. The van der Waals surface area contributed by atoms with Gasteiger partial charge in [-0.05, 0) is 25.1 Å². The molecule has 0 unspecified atom stereocenters. The lowest BCUT2D eigenvalue weighted by molar-refractivity contribution is 0.215. The summed E-state index contributed by atoms with van der Waals surface area (Å²) in [7, 11) is 4.01. The van der Waals surface area contributed by atoms with Gasteiger partial charge in [-0.2, -0.15) is 4.98 Å². The van der Waals surface area contributed by atoms with Crippen molar-refractivity contribution in [2.45, 2.75) is 13.5 Å². The molecule has 0 atom stereocenters. The lowest BCUT2D eigenvalue weighted by Gasteiger charge is -2.35. The molecule has 3 heterocycles. The van der Waals surface area contributed by atoms with Crippen LogP contribution in [0.5, 0.6) is 0 Å². The standard InChI is InChI=1S/C18H23N7O/c1-13-21-17(26-22-13)11-24-6-8-25(9-7-24)14-4-5-16-15(10-14)18(23(2)3)20-12-19-16/h4-5,10,12H,6-9,11H2,1-3H3. The van der Waals surface area contributed by atoms with E-state index in [1.54, 1.807) is 6.33 Å². The third-order valence-electron chi connectivity index (χ3n) is 4.69. The third-order valence-corrected chi connectivity index (χ3v) is 4.69. The minimum atomic E-state index is 0.689. The lowest BCUT2D eigenvalue weighted by Crippen LogP contribution is -2.46. The minimum Gasteiger partial charge on any atom is -0.369 e. The molecule has 0 bridgehead atoms. The van der Waals surface area contributed by atoms with Gasteiger partial charge in [0.15, 0.2) is 5.82 Å². The van der Waals surface area contributed by atoms with Crippen molar-refractivity contribution in [3.05, 3.63) is 36.2 Å². The van der Waals surface area contributed by atoms with Gasteiger partial charge in [0.1, 0.15) is 12.1 Å². The normalized spacial score (nSPS) is 15.6. The quantitative estimate of drug-likeness (QED) is 0.702. The van der Waals surface area contributed by atoms with E-state index in [1.807, 2.05) is 25.9 Å². The van der Waals surface area contributed by atoms with Gasteiger partial charge >= 0.3 is 0 Å². The summed E-state index contributed by atoms with van der Waals surface area (Å²) in [6, 6.07) is 6.42. The van der Waals surface area contributed by atoms with E-state index in [0.717, 1.165) is 42.9 Å². The van der Waals surface area contributed by atoms with Gasteiger partial charge in [-0.25, -0.2) is 9.97 Å². The molecular formula is C18H23N7O. The monoisotopic (exact) mass is 353 g/mol. The molecule has 1 aliphatic rings. The summed E-state index contributed by atoms with van der Waals surface area (Å²) < 4.78 is 5.23. The Labute approximate surface area is 152 Å². The van der Waals surface area contributed by atoms with Crippen LogP contribution in [0, 0.1) is 6.92 Å². The molecular weight excluding hydrogens is 330 g/mol. The van der Waals surface area contributed by atoms with Gasteiger partial charge in [-0.1, -0.05) is 5.16 Å². The molecule has 1 aromatic carbocycles. The van der Waals surface area contributed by atoms with Crippen molar-refractivity contribution in [1.29, 1.82) is 0 Å². The number of benzene rings is 1. The Bertz CT molecular complexity index is 899. The molecule has 26 heavy (non-hydrogen) atoms. The van der Waals surface area contributed by atoms with Crippen molar-refractivity contribution in [3.63, 3.8) is 0 Å². The average Bonchev–Trinajstić information content (AvgIpc) is 3.06. The van der Waals surface area contributed by atoms with Gasteiger partial charge in [0, 0.05) is 51.3 Å². The first-order chi connectivity index (χ1) is 12.6. The fraction of sp³-hybridized carbons (Fsp3) is 0.444. The lowest BCUT2D eigenvalue weighted by atomic mass is 10.1. The predicted molar refractivity (Wildman–Crippen MR) is 100 cm³/mol. The van der Waals surface area contributed by atoms with E-state index >= 15 is 0 Å². The predicted octanol–water partition coefficient (Wildman–Crippen LogP) is 1.71. The zero-order valence-electron chi connectivity index (χ0n) is 15.4. The smallest absolute Gasteiger partial charge is 0.240 e. The number of hydrogen-bond acceptors (Lipinski definition) is 8. The summed E-state index contributed by atoms with van der Waals surface area (Å²) in [5.74, 6) is 2.32. The number of nitrogens with zero attached hydrogens (tertiary/aromatic N) is 7. The van der Waals surface area contributed by atoms with E-state index in [-0.39, 0.29) is 0 Å². The number of anilines is 2. The zero-order chi connectivity index (χ0) is 18.1. The molecule has 0 radical (unpaired) electrons. The number of aromatic nitrogens is 4. The molecule has 3 aromatic rings. The highest BCUT2D eigenvalue weighted by atomic mass is 16.5. The van der Waals surface area contributed by atoms with E-state index in [4.69, 9.17) is 4.52 Å². The molecule has 0 amide bonds. The highest BCUT2D eigenvalue weighted by molar-refractivity contribution is 5.91. The van der Waals surface area contributed by atoms with Crippen molar-refractivity contribution in [2.24, 2.45) is 0 Å². The number of hydrogen-bond donors (Lipinski definition) is 0. The van der Waals surface area contributed by atoms with Crippen molar-refractivity contribution in [3.8, 4) is 0 Å². The summed E-state index contributed by atoms with van der Waals surface area (Å²) in [5, 5.41) is 4.94.